The summed E-state index contributed by atoms with van der Waals surface area (Å²) in [5, 5.41) is 0. The fourth-order valence-electron chi connectivity index (χ4n) is 1.43. The lowest BCUT2D eigenvalue weighted by molar-refractivity contribution is 0.204. The van der Waals surface area contributed by atoms with Gasteiger partial charge in [0.1, 0.15) is 0 Å². The van der Waals surface area contributed by atoms with Crippen molar-refractivity contribution >= 4 is 18.6 Å². The van der Waals surface area contributed by atoms with Crippen LogP contribution in [0.3, 0.4) is 0 Å². The van der Waals surface area contributed by atoms with Crippen LogP contribution in [0.4, 0.5) is 26.3 Å². The molecule has 0 bridgehead atoms. The maximum Gasteiger partial charge on any atom is 0.344 e. The number of hydrogen-bond acceptors (Lipinski definition) is 3. The van der Waals surface area contributed by atoms with Gasteiger partial charge in [0.15, 0.2) is 0 Å². The van der Waals surface area contributed by atoms with Gasteiger partial charge < -0.3 is 0 Å². The Morgan fingerprint density at radius 1 is 0.542 bits per heavy atom. The number of rotatable bonds is 6. The predicted octanol–water partition coefficient (Wildman–Crippen LogP) is 1.38. The lowest BCUT2D eigenvalue weighted by atomic mass is 10.6. The van der Waals surface area contributed by atoms with E-state index < -0.39 is 36.3 Å². The molecular weight excluding hydrogens is 348 g/mol. The summed E-state index contributed by atoms with van der Waals surface area (Å²) < 4.78 is 73.0. The molecular formula is C12H9F6N3O3. The van der Waals surface area contributed by atoms with E-state index in [1.165, 1.54) is 0 Å². The van der Waals surface area contributed by atoms with Gasteiger partial charge in [-0.1, -0.05) is 0 Å². The Balaban J connectivity index is 3.75. The lowest BCUT2D eigenvalue weighted by Crippen LogP contribution is -2.50. The van der Waals surface area contributed by atoms with Crippen molar-refractivity contribution in [2.75, 3.05) is 0 Å². The third-order valence-corrected chi connectivity index (χ3v) is 2.38. The van der Waals surface area contributed by atoms with E-state index in [1.807, 2.05) is 0 Å². The van der Waals surface area contributed by atoms with Gasteiger partial charge in [0.25, 0.3) is 19.3 Å². The summed E-state index contributed by atoms with van der Waals surface area (Å²) in [6.07, 6.45) is -7.99. The van der Waals surface area contributed by atoms with Crippen LogP contribution in [-0.4, -0.2) is 33.0 Å². The maximum atomic E-state index is 12.2. The fraction of sp³-hybridized carbons (Fsp3) is 0.250. The summed E-state index contributed by atoms with van der Waals surface area (Å²) in [5.74, 6) is 0. The molecule has 0 saturated carbocycles. The van der Waals surface area contributed by atoms with Gasteiger partial charge in [-0.15, -0.1) is 0 Å². The summed E-state index contributed by atoms with van der Waals surface area (Å²) >= 11 is 0. The quantitative estimate of drug-likeness (QED) is 0.723. The van der Waals surface area contributed by atoms with E-state index in [0.29, 0.717) is 18.6 Å². The van der Waals surface area contributed by atoms with Gasteiger partial charge in [0, 0.05) is 18.6 Å². The molecule has 0 unspecified atom stereocenters. The average Bonchev–Trinajstić information content (AvgIpc) is 2.45. The second-order valence-electron chi connectivity index (χ2n) is 3.99. The van der Waals surface area contributed by atoms with Crippen LogP contribution >= 0.6 is 0 Å². The number of alkyl halides is 6. The van der Waals surface area contributed by atoms with E-state index in [2.05, 4.69) is 0 Å². The summed E-state index contributed by atoms with van der Waals surface area (Å²) in [4.78, 5) is 35.6. The Kier molecular flexibility index (Phi) is 6.56. The van der Waals surface area contributed by atoms with Crippen molar-refractivity contribution in [2.24, 2.45) is 0 Å². The van der Waals surface area contributed by atoms with Crippen LogP contribution in [0.5, 0.6) is 0 Å². The van der Waals surface area contributed by atoms with Crippen molar-refractivity contribution in [1.82, 2.24) is 13.7 Å². The molecule has 0 aromatic carbocycles. The minimum Gasteiger partial charge on any atom is -0.247 e. The van der Waals surface area contributed by atoms with E-state index in [1.54, 1.807) is 0 Å². The molecule has 0 spiro atoms. The first kappa shape index (κ1) is 19.3. The summed E-state index contributed by atoms with van der Waals surface area (Å²) in [5.41, 5.74) is -4.58. The van der Waals surface area contributed by atoms with Gasteiger partial charge in [0.05, 0.1) is 0 Å². The third kappa shape index (κ3) is 4.86. The zero-order chi connectivity index (χ0) is 18.4. The molecule has 0 saturated heterocycles. The molecule has 0 N–H and O–H groups in total. The molecule has 0 atom stereocenters. The first-order valence-corrected chi connectivity index (χ1v) is 6.04. The van der Waals surface area contributed by atoms with Gasteiger partial charge in [-0.25, -0.2) is 54.4 Å². The van der Waals surface area contributed by atoms with Gasteiger partial charge in [0.2, 0.25) is 0 Å². The SMILES string of the molecule is O=c1n(C=CC(F)F)c(=O)n(C=CC(F)F)c(=O)n1C=CC(F)F. The smallest absolute Gasteiger partial charge is 0.247 e. The average molecular weight is 357 g/mol. The van der Waals surface area contributed by atoms with Crippen LogP contribution < -0.4 is 17.1 Å². The molecule has 1 aromatic heterocycles. The first-order chi connectivity index (χ1) is 11.1. The van der Waals surface area contributed by atoms with Crippen molar-refractivity contribution in [3.05, 3.63) is 49.7 Å². The standard InChI is InChI=1S/C12H9F6N3O3/c13-7(14)1-4-19-10(22)20(5-2-8(15)16)12(24)21(11(19)23)6-3-9(17)18/h1-9H. The lowest BCUT2D eigenvalue weighted by Gasteiger charge is -2.06. The molecule has 132 valence electrons. The number of hydrogen-bond donors (Lipinski definition) is 0. The summed E-state index contributed by atoms with van der Waals surface area (Å²) in [6, 6.07) is 0. The van der Waals surface area contributed by atoms with E-state index in [4.69, 9.17) is 0 Å². The highest BCUT2D eigenvalue weighted by atomic mass is 19.3. The van der Waals surface area contributed by atoms with Crippen LogP contribution in [0.2, 0.25) is 0 Å². The van der Waals surface area contributed by atoms with Gasteiger partial charge in [-0.3, -0.25) is 0 Å². The van der Waals surface area contributed by atoms with Gasteiger partial charge in [-0.05, 0) is 18.2 Å². The molecule has 1 aromatic rings. The molecule has 6 nitrogen and oxygen atoms in total. The van der Waals surface area contributed by atoms with Crippen molar-refractivity contribution < 1.29 is 26.3 Å². The largest absolute Gasteiger partial charge is 0.344 e. The molecule has 1 heterocycles. The topological polar surface area (TPSA) is 66.0 Å². The van der Waals surface area contributed by atoms with Gasteiger partial charge >= 0.3 is 17.1 Å². The normalized spacial score (nSPS) is 12.9. The van der Waals surface area contributed by atoms with E-state index in [-0.39, 0.29) is 31.9 Å². The summed E-state index contributed by atoms with van der Waals surface area (Å²) in [6.45, 7) is 0. The van der Waals surface area contributed by atoms with Crippen LogP contribution in [0.15, 0.2) is 32.6 Å². The highest BCUT2D eigenvalue weighted by Crippen LogP contribution is 1.96. The summed E-state index contributed by atoms with van der Waals surface area (Å²) in [7, 11) is 0. The van der Waals surface area contributed by atoms with Crippen molar-refractivity contribution in [3.63, 3.8) is 0 Å². The van der Waals surface area contributed by atoms with Crippen molar-refractivity contribution in [1.29, 1.82) is 0 Å². The van der Waals surface area contributed by atoms with Crippen LogP contribution in [0, 0.1) is 0 Å². The molecule has 0 aliphatic carbocycles. The highest BCUT2D eigenvalue weighted by Gasteiger charge is 2.12. The fourth-order valence-corrected chi connectivity index (χ4v) is 1.43. The van der Waals surface area contributed by atoms with E-state index in [0.717, 1.165) is 0 Å². The minimum absolute atomic E-state index is 0.0147. The highest BCUT2D eigenvalue weighted by molar-refractivity contribution is 5.30. The number of halogens is 6. The number of aromatic nitrogens is 3. The molecule has 0 amide bonds. The molecule has 1 rings (SSSR count). The van der Waals surface area contributed by atoms with Crippen LogP contribution in [0.1, 0.15) is 0 Å². The Labute approximate surface area is 128 Å². The predicted molar refractivity (Wildman–Crippen MR) is 73.2 cm³/mol. The van der Waals surface area contributed by atoms with Crippen LogP contribution in [-0.2, 0) is 0 Å². The maximum absolute atomic E-state index is 12.2. The Morgan fingerprint density at radius 2 is 0.750 bits per heavy atom. The Morgan fingerprint density at radius 3 is 0.917 bits per heavy atom. The molecule has 0 fully saturated rings. The molecule has 0 aliphatic rings. The van der Waals surface area contributed by atoms with E-state index in [9.17, 15) is 40.7 Å². The first-order valence-electron chi connectivity index (χ1n) is 6.04. The Hall–Kier alpha value is -2.79. The van der Waals surface area contributed by atoms with Gasteiger partial charge in [-0.2, -0.15) is 0 Å². The van der Waals surface area contributed by atoms with Crippen molar-refractivity contribution in [2.45, 2.75) is 19.3 Å². The number of allylic oxidation sites excluding steroid dienone is 3. The third-order valence-electron chi connectivity index (χ3n) is 2.38. The molecule has 0 radical (unpaired) electrons. The van der Waals surface area contributed by atoms with Crippen molar-refractivity contribution in [3.8, 4) is 0 Å². The number of nitrogens with zero attached hydrogens (tertiary/aromatic N) is 3. The molecule has 0 aliphatic heterocycles. The second kappa shape index (κ2) is 8.17. The molecule has 24 heavy (non-hydrogen) atoms. The Bertz CT molecular complexity index is 692. The monoisotopic (exact) mass is 357 g/mol. The minimum atomic E-state index is -3.07. The second-order valence-corrected chi connectivity index (χ2v) is 3.99. The zero-order valence-electron chi connectivity index (χ0n) is 11.5. The van der Waals surface area contributed by atoms with E-state index >= 15 is 0 Å². The van der Waals surface area contributed by atoms with Crippen LogP contribution in [0.25, 0.3) is 18.6 Å². The molecule has 12 heteroatoms. The zero-order valence-corrected chi connectivity index (χ0v) is 11.5.